The van der Waals surface area contributed by atoms with E-state index in [1.807, 2.05) is 24.3 Å². The average Bonchev–Trinajstić information content (AvgIpc) is 2.07. The predicted molar refractivity (Wildman–Crippen MR) is 45.9 cm³/mol. The fourth-order valence-electron chi connectivity index (χ4n) is 0.908. The molecule has 0 aliphatic rings. The molecule has 3 aromatic rings. The molecule has 2 bridgehead atoms. The Morgan fingerprint density at radius 2 is 1.67 bits per heavy atom. The molecule has 0 atom stereocenters. The van der Waals surface area contributed by atoms with E-state index in [1.54, 1.807) is 0 Å². The quantitative estimate of drug-likeness (QED) is 0.458. The van der Waals surface area contributed by atoms with Crippen LogP contribution in [0.2, 0.25) is 0 Å². The first-order valence-electron chi connectivity index (χ1n) is 3.29. The summed E-state index contributed by atoms with van der Waals surface area (Å²) in [6.07, 6.45) is 0. The van der Waals surface area contributed by atoms with Gasteiger partial charge in [0, 0.05) is 10.9 Å². The van der Waals surface area contributed by atoms with Crippen molar-refractivity contribution in [1.29, 1.82) is 0 Å². The van der Waals surface area contributed by atoms with Crippen LogP contribution in [0.15, 0.2) is 29.1 Å². The van der Waals surface area contributed by atoms with Crippen molar-refractivity contribution in [2.45, 2.75) is 0 Å². The van der Waals surface area contributed by atoms with E-state index in [9.17, 15) is 4.79 Å². The third-order valence-corrected chi connectivity index (χ3v) is 1.40. The topological polar surface area (TPSA) is 73.3 Å². The third kappa shape index (κ3) is 1.84. The number of hydrogen-bond acceptors (Lipinski definition) is 3. The number of H-pyrrole nitrogens is 1. The van der Waals surface area contributed by atoms with Crippen LogP contribution in [0.4, 0.5) is 0 Å². The summed E-state index contributed by atoms with van der Waals surface area (Å²) in [6, 6.07) is 7.40. The second-order valence-electron chi connectivity index (χ2n) is 2.15. The number of pyridine rings is 2. The molecule has 0 fully saturated rings. The number of benzene rings is 1. The highest BCUT2D eigenvalue weighted by Gasteiger charge is 1.92. The van der Waals surface area contributed by atoms with Crippen molar-refractivity contribution in [3.8, 4) is 0 Å². The van der Waals surface area contributed by atoms with Crippen molar-refractivity contribution in [1.82, 2.24) is 4.98 Å². The molecule has 4 nitrogen and oxygen atoms in total. The standard InChI is InChI=1S/C7H5NO.BH2O2/c9-7-5-1-3-6(8-7)4-2-5;2-1-3/h1-4H,(H,8,9);2-3H. The van der Waals surface area contributed by atoms with E-state index in [1.165, 1.54) is 0 Å². The second-order valence-corrected chi connectivity index (χ2v) is 2.15. The molecule has 0 aliphatic heterocycles. The van der Waals surface area contributed by atoms with Gasteiger partial charge in [-0.15, -0.1) is 0 Å². The Morgan fingerprint density at radius 1 is 1.17 bits per heavy atom. The van der Waals surface area contributed by atoms with Crippen LogP contribution in [0.1, 0.15) is 0 Å². The molecule has 0 spiro atoms. The van der Waals surface area contributed by atoms with Gasteiger partial charge in [0.15, 0.2) is 0 Å². The Labute approximate surface area is 69.1 Å². The van der Waals surface area contributed by atoms with Gasteiger partial charge in [-0.25, -0.2) is 0 Å². The van der Waals surface area contributed by atoms with E-state index in [0.29, 0.717) is 0 Å². The number of nitrogens with one attached hydrogen (secondary N) is 1. The first-order chi connectivity index (χ1) is 5.77. The van der Waals surface area contributed by atoms with Gasteiger partial charge in [0.2, 0.25) is 0 Å². The Morgan fingerprint density at radius 3 is 1.83 bits per heavy atom. The molecule has 61 valence electrons. The van der Waals surface area contributed by atoms with Crippen LogP contribution in [0.25, 0.3) is 10.9 Å². The highest BCUT2D eigenvalue weighted by Crippen LogP contribution is 2.01. The minimum absolute atomic E-state index is 0. The summed E-state index contributed by atoms with van der Waals surface area (Å²) in [4.78, 5) is 13.5. The van der Waals surface area contributed by atoms with E-state index in [0.717, 1.165) is 10.9 Å². The maximum absolute atomic E-state index is 10.8. The fourth-order valence-corrected chi connectivity index (χ4v) is 0.908. The summed E-state index contributed by atoms with van der Waals surface area (Å²) in [5.74, 6) is 0. The zero-order chi connectivity index (χ0) is 8.97. The number of rotatable bonds is 0. The maximum atomic E-state index is 10.8. The van der Waals surface area contributed by atoms with E-state index < -0.39 is 0 Å². The van der Waals surface area contributed by atoms with E-state index in [4.69, 9.17) is 10.0 Å². The maximum Gasteiger partial charge on any atom is 0.482 e. The van der Waals surface area contributed by atoms with Gasteiger partial charge in [-0.05, 0) is 24.3 Å². The van der Waals surface area contributed by atoms with Crippen LogP contribution in [-0.2, 0) is 0 Å². The van der Waals surface area contributed by atoms with Crippen LogP contribution in [0.5, 0.6) is 0 Å². The number of fused-ring (bicyclic) bond motifs is 3. The molecule has 0 unspecified atom stereocenters. The second kappa shape index (κ2) is 3.89. The van der Waals surface area contributed by atoms with E-state index >= 15 is 0 Å². The zero-order valence-corrected chi connectivity index (χ0v) is 6.19. The molecular formula is C7H7BNO3. The van der Waals surface area contributed by atoms with Gasteiger partial charge in [-0.1, -0.05) is 0 Å². The first kappa shape index (κ1) is 8.77. The van der Waals surface area contributed by atoms with Gasteiger partial charge in [-0.3, -0.25) is 4.79 Å². The van der Waals surface area contributed by atoms with Crippen molar-refractivity contribution in [2.75, 3.05) is 0 Å². The molecule has 0 saturated heterocycles. The lowest BCUT2D eigenvalue weighted by Gasteiger charge is -1.93. The molecule has 2 heterocycles. The van der Waals surface area contributed by atoms with Crippen molar-refractivity contribution < 1.29 is 10.0 Å². The van der Waals surface area contributed by atoms with Gasteiger partial charge in [-0.2, -0.15) is 0 Å². The average molecular weight is 164 g/mol. The van der Waals surface area contributed by atoms with Crippen LogP contribution < -0.4 is 5.56 Å². The Balaban J connectivity index is 0.000000213. The van der Waals surface area contributed by atoms with Crippen molar-refractivity contribution in [3.63, 3.8) is 0 Å². The summed E-state index contributed by atoms with van der Waals surface area (Å²) in [5, 5.41) is 14.7. The molecule has 0 amide bonds. The van der Waals surface area contributed by atoms with Gasteiger partial charge in [0.05, 0.1) is 0 Å². The van der Waals surface area contributed by atoms with Crippen molar-refractivity contribution in [3.05, 3.63) is 34.6 Å². The Bertz CT molecular complexity index is 366. The molecule has 2 aromatic heterocycles. The monoisotopic (exact) mass is 164 g/mol. The summed E-state index contributed by atoms with van der Waals surface area (Å²) in [7, 11) is 0. The fraction of sp³-hybridized carbons (Fsp3) is 0. The molecule has 0 aliphatic carbocycles. The van der Waals surface area contributed by atoms with E-state index in [2.05, 4.69) is 4.98 Å². The van der Waals surface area contributed by atoms with Crippen LogP contribution in [0.3, 0.4) is 0 Å². The number of hydrogen-bond donors (Lipinski definition) is 3. The van der Waals surface area contributed by atoms with Gasteiger partial charge in [0.25, 0.3) is 5.56 Å². The number of aromatic nitrogens is 1. The Kier molecular flexibility index (Phi) is 2.84. The molecule has 12 heavy (non-hydrogen) atoms. The zero-order valence-electron chi connectivity index (χ0n) is 6.19. The summed E-state index contributed by atoms with van der Waals surface area (Å²) < 4.78 is 0. The van der Waals surface area contributed by atoms with Crippen LogP contribution >= 0.6 is 0 Å². The van der Waals surface area contributed by atoms with Crippen molar-refractivity contribution >= 4 is 18.6 Å². The molecule has 5 heteroatoms. The Hall–Kier alpha value is -1.33. The molecule has 1 aromatic carbocycles. The highest BCUT2D eigenvalue weighted by molar-refractivity contribution is 6.13. The first-order valence-corrected chi connectivity index (χ1v) is 3.29. The van der Waals surface area contributed by atoms with Gasteiger partial charge in [0.1, 0.15) is 0 Å². The minimum Gasteiger partial charge on any atom is -0.429 e. The highest BCUT2D eigenvalue weighted by atomic mass is 16.4. The van der Waals surface area contributed by atoms with Gasteiger partial charge < -0.3 is 15.0 Å². The van der Waals surface area contributed by atoms with Crippen molar-refractivity contribution in [2.24, 2.45) is 0 Å². The lowest BCUT2D eigenvalue weighted by Crippen LogP contribution is -2.05. The lowest BCUT2D eigenvalue weighted by molar-refractivity contribution is 0.448. The molecule has 3 rings (SSSR count). The summed E-state index contributed by atoms with van der Waals surface area (Å²) >= 11 is 0. The normalized spacial score (nSPS) is 9.17. The largest absolute Gasteiger partial charge is 0.482 e. The van der Waals surface area contributed by atoms with E-state index in [-0.39, 0.29) is 13.2 Å². The third-order valence-electron chi connectivity index (χ3n) is 1.40. The number of aromatic amines is 1. The minimum atomic E-state index is 0. The summed E-state index contributed by atoms with van der Waals surface area (Å²) in [5.41, 5.74) is 0.894. The van der Waals surface area contributed by atoms with Crippen LogP contribution in [-0.4, -0.2) is 22.7 Å². The molecular weight excluding hydrogens is 157 g/mol. The molecule has 1 radical (unpaired) electrons. The summed E-state index contributed by atoms with van der Waals surface area (Å²) in [6.45, 7) is 0. The predicted octanol–water partition coefficient (Wildman–Crippen LogP) is -0.529. The lowest BCUT2D eigenvalue weighted by atomic mass is 10.2. The van der Waals surface area contributed by atoms with Crippen LogP contribution in [0, 0.1) is 0 Å². The molecule has 0 saturated carbocycles. The van der Waals surface area contributed by atoms with Gasteiger partial charge >= 0.3 is 7.69 Å². The smallest absolute Gasteiger partial charge is 0.429 e. The molecule has 3 N–H and O–H groups in total. The SMILES string of the molecule is O=c1[nH]c2ccc1cc2.O[B]O.